The van der Waals surface area contributed by atoms with E-state index in [-0.39, 0.29) is 30.2 Å². The van der Waals surface area contributed by atoms with E-state index in [1.807, 2.05) is 70.2 Å². The van der Waals surface area contributed by atoms with Gasteiger partial charge in [-0.3, -0.25) is 14.4 Å². The largest absolute Gasteiger partial charge is 0.394 e. The summed E-state index contributed by atoms with van der Waals surface area (Å²) < 4.78 is 0. The second kappa shape index (κ2) is 9.45. The van der Waals surface area contributed by atoms with Gasteiger partial charge in [0.2, 0.25) is 17.7 Å². The number of rotatable bonds is 6. The van der Waals surface area contributed by atoms with Crippen molar-refractivity contribution < 1.29 is 19.5 Å². The normalized spacial score (nSPS) is 28.2. The Hall–Kier alpha value is -2.67. The van der Waals surface area contributed by atoms with Crippen molar-refractivity contribution in [2.75, 3.05) is 13.7 Å². The predicted molar refractivity (Wildman–Crippen MR) is 122 cm³/mol. The molecule has 1 aromatic carbocycles. The smallest absolute Gasteiger partial charge is 0.243 e. The first-order chi connectivity index (χ1) is 15.1. The van der Waals surface area contributed by atoms with E-state index in [9.17, 15) is 19.5 Å². The van der Waals surface area contributed by atoms with E-state index in [1.54, 1.807) is 7.05 Å². The first kappa shape index (κ1) is 24.0. The van der Waals surface area contributed by atoms with Gasteiger partial charge < -0.3 is 20.6 Å². The topological polar surface area (TPSA) is 98.7 Å². The summed E-state index contributed by atoms with van der Waals surface area (Å²) >= 11 is 0. The Kier molecular flexibility index (Phi) is 7.08. The van der Waals surface area contributed by atoms with Crippen LogP contribution in [0.3, 0.4) is 0 Å². The minimum atomic E-state index is -0.815. The van der Waals surface area contributed by atoms with Gasteiger partial charge in [0.05, 0.1) is 24.5 Å². The summed E-state index contributed by atoms with van der Waals surface area (Å²) in [7, 11) is 1.57. The lowest BCUT2D eigenvalue weighted by molar-refractivity contribution is -0.143. The molecule has 1 fully saturated rings. The van der Waals surface area contributed by atoms with E-state index >= 15 is 0 Å². The lowest BCUT2D eigenvalue weighted by atomic mass is 9.68. The van der Waals surface area contributed by atoms with Crippen molar-refractivity contribution >= 4 is 17.7 Å². The molecule has 0 bridgehead atoms. The lowest BCUT2D eigenvalue weighted by Crippen LogP contribution is -2.53. The summed E-state index contributed by atoms with van der Waals surface area (Å²) in [4.78, 5) is 41.8. The Morgan fingerprint density at radius 1 is 1.12 bits per heavy atom. The van der Waals surface area contributed by atoms with Gasteiger partial charge in [-0.15, -0.1) is 0 Å². The van der Waals surface area contributed by atoms with E-state index in [4.69, 9.17) is 0 Å². The molecule has 1 saturated heterocycles. The monoisotopic (exact) mass is 441 g/mol. The third kappa shape index (κ3) is 4.44. The van der Waals surface area contributed by atoms with Gasteiger partial charge in [0.25, 0.3) is 0 Å². The number of hydrogen-bond acceptors (Lipinski definition) is 4. The highest BCUT2D eigenvalue weighted by Crippen LogP contribution is 2.47. The molecule has 0 aromatic heterocycles. The minimum absolute atomic E-state index is 0.0873. The minimum Gasteiger partial charge on any atom is -0.394 e. The first-order valence-corrected chi connectivity index (χ1v) is 11.3. The molecular weight excluding hydrogens is 406 g/mol. The van der Waals surface area contributed by atoms with Crippen molar-refractivity contribution in [3.63, 3.8) is 0 Å². The van der Waals surface area contributed by atoms with Crippen molar-refractivity contribution in [2.24, 2.45) is 23.7 Å². The van der Waals surface area contributed by atoms with Crippen LogP contribution in [0, 0.1) is 23.7 Å². The molecule has 0 spiro atoms. The van der Waals surface area contributed by atoms with Crippen molar-refractivity contribution in [3.05, 3.63) is 48.0 Å². The molecule has 1 aliphatic carbocycles. The van der Waals surface area contributed by atoms with E-state index in [2.05, 4.69) is 10.6 Å². The Morgan fingerprint density at radius 3 is 2.31 bits per heavy atom. The third-order valence-corrected chi connectivity index (χ3v) is 6.53. The SMILES string of the molecule is CC[C@@H]1C=C[C@H]2[C@@H](C(=O)N([C@H](CO)c3ccccc3)[C@@H]2C(=O)NC(C)(C)C)[C@@H]1C(=O)NC. The molecule has 0 saturated carbocycles. The zero-order valence-corrected chi connectivity index (χ0v) is 19.5. The molecule has 0 unspecified atom stereocenters. The third-order valence-electron chi connectivity index (χ3n) is 6.53. The summed E-state index contributed by atoms with van der Waals surface area (Å²) in [5.74, 6) is -2.48. The van der Waals surface area contributed by atoms with E-state index in [0.29, 0.717) is 6.42 Å². The number of carbonyl (C=O) groups excluding carboxylic acids is 3. The van der Waals surface area contributed by atoms with Gasteiger partial charge >= 0.3 is 0 Å². The maximum absolute atomic E-state index is 13.9. The average Bonchev–Trinajstić information content (AvgIpc) is 3.05. The molecule has 3 rings (SSSR count). The van der Waals surface area contributed by atoms with Crippen LogP contribution in [0.1, 0.15) is 45.7 Å². The van der Waals surface area contributed by atoms with Gasteiger partial charge in [-0.05, 0) is 38.7 Å². The van der Waals surface area contributed by atoms with Crippen molar-refractivity contribution in [2.45, 2.75) is 51.7 Å². The number of nitrogens with one attached hydrogen (secondary N) is 2. The number of allylic oxidation sites excluding steroid dienone is 1. The summed E-state index contributed by atoms with van der Waals surface area (Å²) in [5, 5.41) is 16.0. The first-order valence-electron chi connectivity index (χ1n) is 11.3. The molecule has 174 valence electrons. The summed E-state index contributed by atoms with van der Waals surface area (Å²) in [5.41, 5.74) is 0.263. The summed E-state index contributed by atoms with van der Waals surface area (Å²) in [6.45, 7) is 7.34. The Bertz CT molecular complexity index is 877. The maximum atomic E-state index is 13.9. The number of aliphatic hydroxyl groups is 1. The molecule has 0 radical (unpaired) electrons. The Morgan fingerprint density at radius 2 is 1.78 bits per heavy atom. The van der Waals surface area contributed by atoms with Crippen LogP contribution in [0.15, 0.2) is 42.5 Å². The van der Waals surface area contributed by atoms with Gasteiger partial charge in [-0.25, -0.2) is 0 Å². The predicted octanol–water partition coefficient (Wildman–Crippen LogP) is 2.04. The molecule has 3 amide bonds. The quantitative estimate of drug-likeness (QED) is 0.589. The molecule has 7 heteroatoms. The Balaban J connectivity index is 2.12. The van der Waals surface area contributed by atoms with Crippen LogP contribution in [0.25, 0.3) is 0 Å². The van der Waals surface area contributed by atoms with Gasteiger partial charge in [0.15, 0.2) is 0 Å². The van der Waals surface area contributed by atoms with E-state index < -0.39 is 35.4 Å². The van der Waals surface area contributed by atoms with Crippen molar-refractivity contribution in [1.29, 1.82) is 0 Å². The fourth-order valence-corrected chi connectivity index (χ4v) is 5.17. The molecule has 7 nitrogen and oxygen atoms in total. The number of benzene rings is 1. The summed E-state index contributed by atoms with van der Waals surface area (Å²) in [6.07, 6.45) is 4.63. The molecule has 6 atom stereocenters. The van der Waals surface area contributed by atoms with Crippen LogP contribution in [0.2, 0.25) is 0 Å². The van der Waals surface area contributed by atoms with Crippen LogP contribution < -0.4 is 10.6 Å². The molecule has 1 aliphatic heterocycles. The molecule has 2 aliphatic rings. The van der Waals surface area contributed by atoms with E-state index in [0.717, 1.165) is 5.56 Å². The fraction of sp³-hybridized carbons (Fsp3) is 0.560. The number of likely N-dealkylation sites (tertiary alicyclic amines) is 1. The van der Waals surface area contributed by atoms with Crippen LogP contribution in [-0.2, 0) is 14.4 Å². The maximum Gasteiger partial charge on any atom is 0.243 e. The molecule has 3 N–H and O–H groups in total. The highest BCUT2D eigenvalue weighted by molar-refractivity contribution is 5.97. The van der Waals surface area contributed by atoms with Crippen LogP contribution in [0.4, 0.5) is 0 Å². The van der Waals surface area contributed by atoms with Gasteiger partial charge in [-0.1, -0.05) is 49.4 Å². The lowest BCUT2D eigenvalue weighted by Gasteiger charge is -2.35. The van der Waals surface area contributed by atoms with Crippen molar-refractivity contribution in [3.8, 4) is 0 Å². The van der Waals surface area contributed by atoms with Crippen LogP contribution in [0.5, 0.6) is 0 Å². The summed E-state index contributed by atoms with van der Waals surface area (Å²) in [6, 6.07) is 7.75. The van der Waals surface area contributed by atoms with Gasteiger partial charge in [0, 0.05) is 18.5 Å². The van der Waals surface area contributed by atoms with Gasteiger partial charge in [0.1, 0.15) is 6.04 Å². The highest BCUT2D eigenvalue weighted by atomic mass is 16.3. The van der Waals surface area contributed by atoms with Crippen LogP contribution in [-0.4, -0.2) is 53.0 Å². The van der Waals surface area contributed by atoms with Crippen LogP contribution >= 0.6 is 0 Å². The molecular formula is C25H35N3O4. The molecule has 1 heterocycles. The zero-order valence-electron chi connectivity index (χ0n) is 19.5. The molecule has 32 heavy (non-hydrogen) atoms. The number of fused-ring (bicyclic) bond motifs is 1. The second-order valence-electron chi connectivity index (χ2n) is 9.74. The average molecular weight is 442 g/mol. The number of hydrogen-bond donors (Lipinski definition) is 3. The number of amides is 3. The molecule has 1 aromatic rings. The van der Waals surface area contributed by atoms with E-state index in [1.165, 1.54) is 4.90 Å². The highest BCUT2D eigenvalue weighted by Gasteiger charge is 2.58. The standard InChI is InChI=1S/C25H35N3O4/c1-6-15-12-13-17-20(19(15)22(30)26-5)24(32)28(21(17)23(31)27-25(2,3)4)18(14-29)16-10-8-7-9-11-16/h7-13,15,17-21,29H,6,14H2,1-5H3,(H,26,30)(H,27,31)/t15-,17+,18-,19-,20-,21+/m1/s1. The number of nitrogens with zero attached hydrogens (tertiary/aromatic N) is 1. The fourth-order valence-electron chi connectivity index (χ4n) is 5.17. The zero-order chi connectivity index (χ0) is 23.6. The number of aliphatic hydroxyl groups excluding tert-OH is 1. The second-order valence-corrected chi connectivity index (χ2v) is 9.74. The Labute approximate surface area is 190 Å². The number of carbonyl (C=O) groups is 3. The van der Waals surface area contributed by atoms with Crippen molar-refractivity contribution in [1.82, 2.24) is 15.5 Å². The van der Waals surface area contributed by atoms with Gasteiger partial charge in [-0.2, -0.15) is 0 Å².